The highest BCUT2D eigenvalue weighted by molar-refractivity contribution is 5.85. The smallest absolute Gasteiger partial charge is 0.155 e. The number of hydrogen-bond acceptors (Lipinski definition) is 5. The van der Waals surface area contributed by atoms with Gasteiger partial charge in [-0.05, 0) is 68.3 Å². The topological polar surface area (TPSA) is 75.0 Å². The van der Waals surface area contributed by atoms with E-state index in [2.05, 4.69) is 83.2 Å². The van der Waals surface area contributed by atoms with E-state index in [1.807, 2.05) is 43.5 Å². The lowest BCUT2D eigenvalue weighted by atomic mass is 10.0. The molecule has 7 heteroatoms. The van der Waals surface area contributed by atoms with E-state index in [-0.39, 0.29) is 5.54 Å². The largest absolute Gasteiger partial charge is 0.339 e. The van der Waals surface area contributed by atoms with Gasteiger partial charge in [-0.3, -0.25) is 9.88 Å². The fourth-order valence-corrected chi connectivity index (χ4v) is 4.88. The Morgan fingerprint density at radius 2 is 1.68 bits per heavy atom. The maximum absolute atomic E-state index is 5.14. The summed E-state index contributed by atoms with van der Waals surface area (Å²) in [7, 11) is 0. The molecule has 0 fully saturated rings. The second kappa shape index (κ2) is 9.50. The normalized spacial score (nSPS) is 12.1. The van der Waals surface area contributed by atoms with Crippen molar-refractivity contribution in [3.63, 3.8) is 0 Å². The molecule has 0 aliphatic rings. The van der Waals surface area contributed by atoms with Gasteiger partial charge in [-0.2, -0.15) is 5.10 Å². The van der Waals surface area contributed by atoms with E-state index < -0.39 is 0 Å². The molecule has 0 radical (unpaired) electrons. The van der Waals surface area contributed by atoms with Gasteiger partial charge in [-0.1, -0.05) is 48.5 Å². The summed E-state index contributed by atoms with van der Waals surface area (Å²) >= 11 is 0. The van der Waals surface area contributed by atoms with Crippen LogP contribution in [0.4, 0.5) is 0 Å². The Morgan fingerprint density at radius 1 is 0.868 bits per heavy atom. The van der Waals surface area contributed by atoms with Crippen molar-refractivity contribution in [1.29, 1.82) is 0 Å². The average Bonchev–Trinajstić information content (AvgIpc) is 3.55. The zero-order valence-electron chi connectivity index (χ0n) is 22.2. The fourth-order valence-electron chi connectivity index (χ4n) is 4.88. The number of benzene rings is 2. The molecule has 1 N–H and O–H groups in total. The van der Waals surface area contributed by atoms with Gasteiger partial charge in [0.05, 0.1) is 23.6 Å². The molecule has 2 aromatic carbocycles. The zero-order chi connectivity index (χ0) is 26.3. The van der Waals surface area contributed by atoms with Gasteiger partial charge in [0, 0.05) is 29.5 Å². The maximum Gasteiger partial charge on any atom is 0.155 e. The molecule has 4 heterocycles. The van der Waals surface area contributed by atoms with E-state index in [4.69, 9.17) is 9.97 Å². The molecule has 0 amide bonds. The summed E-state index contributed by atoms with van der Waals surface area (Å²) in [6.45, 7) is 10.2. The van der Waals surface area contributed by atoms with Crippen molar-refractivity contribution in [1.82, 2.24) is 34.4 Å². The van der Waals surface area contributed by atoms with Crippen LogP contribution < -0.4 is 0 Å². The number of imidazole rings is 1. The number of nitrogens with one attached hydrogen (secondary N) is 1. The van der Waals surface area contributed by atoms with Crippen molar-refractivity contribution >= 4 is 16.4 Å². The number of pyridine rings is 2. The van der Waals surface area contributed by atoms with Crippen LogP contribution >= 0.6 is 0 Å². The molecular weight excluding hydrogens is 470 g/mol. The number of nitrogens with zero attached hydrogens (tertiary/aromatic N) is 6. The number of rotatable bonds is 6. The molecule has 7 nitrogen and oxygen atoms in total. The highest BCUT2D eigenvalue weighted by atomic mass is 15.3. The highest BCUT2D eigenvalue weighted by Gasteiger charge is 2.25. The van der Waals surface area contributed by atoms with Crippen LogP contribution in [0.5, 0.6) is 0 Å². The summed E-state index contributed by atoms with van der Waals surface area (Å²) in [4.78, 5) is 20.3. The van der Waals surface area contributed by atoms with Crippen LogP contribution in [-0.2, 0) is 13.1 Å². The van der Waals surface area contributed by atoms with Crippen LogP contribution in [0.25, 0.3) is 39.1 Å². The first-order valence-electron chi connectivity index (χ1n) is 12.9. The predicted molar refractivity (Wildman–Crippen MR) is 151 cm³/mol. The summed E-state index contributed by atoms with van der Waals surface area (Å²) in [6, 6.07) is 25.2. The third-order valence-corrected chi connectivity index (χ3v) is 6.98. The first-order chi connectivity index (χ1) is 18.3. The van der Waals surface area contributed by atoms with Crippen LogP contribution in [0.2, 0.25) is 0 Å². The van der Waals surface area contributed by atoms with E-state index in [0.29, 0.717) is 6.54 Å². The molecule has 6 rings (SSSR count). The minimum Gasteiger partial charge on any atom is -0.339 e. The maximum atomic E-state index is 5.14. The molecule has 0 saturated carbocycles. The Bertz CT molecular complexity index is 1730. The summed E-state index contributed by atoms with van der Waals surface area (Å²) in [5.74, 6) is 0.896. The number of H-pyrrole nitrogens is 1. The molecule has 0 unspecified atom stereocenters. The third-order valence-electron chi connectivity index (χ3n) is 6.98. The molecule has 0 atom stereocenters. The van der Waals surface area contributed by atoms with Gasteiger partial charge in [-0.15, -0.1) is 0 Å². The monoisotopic (exact) mass is 501 g/mol. The molecule has 38 heavy (non-hydrogen) atoms. The minimum atomic E-state index is -0.0781. The number of hydrogen-bond donors (Lipinski definition) is 1. The number of fused-ring (bicyclic) bond motifs is 2. The van der Waals surface area contributed by atoms with Crippen molar-refractivity contribution in [3.05, 3.63) is 102 Å². The molecule has 0 saturated heterocycles. The summed E-state index contributed by atoms with van der Waals surface area (Å²) < 4.78 is 1.78. The Hall–Kier alpha value is -4.36. The lowest BCUT2D eigenvalue weighted by molar-refractivity contribution is 0.116. The van der Waals surface area contributed by atoms with Gasteiger partial charge in [0.2, 0.25) is 0 Å². The molecule has 190 valence electrons. The fraction of sp³-hybridized carbons (Fsp3) is 0.226. The van der Waals surface area contributed by atoms with E-state index >= 15 is 0 Å². The zero-order valence-corrected chi connectivity index (χ0v) is 22.2. The Morgan fingerprint density at radius 3 is 2.53 bits per heavy atom. The standard InChI is InChI=1S/C31H31N7/c1-21-9-7-14-26(34-21)30-29(24-15-16-28-32-20-33-38(28)18-24)35-27(36-30)19-37(31(2,3)4)17-23-12-8-11-22-10-5-6-13-25(22)23/h5-16,18,20H,17,19H2,1-4H3,(H,35,36). The van der Waals surface area contributed by atoms with Gasteiger partial charge in [0.1, 0.15) is 12.2 Å². The molecule has 0 bridgehead atoms. The lowest BCUT2D eigenvalue weighted by Crippen LogP contribution is -2.40. The van der Waals surface area contributed by atoms with Crippen LogP contribution in [0, 0.1) is 6.92 Å². The summed E-state index contributed by atoms with van der Waals surface area (Å²) in [5.41, 5.74) is 6.58. The number of aromatic nitrogens is 6. The van der Waals surface area contributed by atoms with Crippen LogP contribution in [0.15, 0.2) is 85.3 Å². The molecule has 0 aliphatic carbocycles. The third kappa shape index (κ3) is 4.68. The van der Waals surface area contributed by atoms with Crippen molar-refractivity contribution in [2.45, 2.75) is 46.3 Å². The van der Waals surface area contributed by atoms with Gasteiger partial charge in [-0.25, -0.2) is 14.5 Å². The predicted octanol–water partition coefficient (Wildman–Crippen LogP) is 6.44. The molecule has 6 aromatic rings. The van der Waals surface area contributed by atoms with Crippen molar-refractivity contribution in [3.8, 4) is 22.6 Å². The second-order valence-corrected chi connectivity index (χ2v) is 10.7. The van der Waals surface area contributed by atoms with Crippen molar-refractivity contribution in [2.75, 3.05) is 0 Å². The summed E-state index contributed by atoms with van der Waals surface area (Å²) in [5, 5.41) is 6.87. The van der Waals surface area contributed by atoms with Crippen LogP contribution in [-0.4, -0.2) is 40.0 Å². The van der Waals surface area contributed by atoms with Crippen LogP contribution in [0.1, 0.15) is 37.9 Å². The lowest BCUT2D eigenvalue weighted by Gasteiger charge is -2.35. The Kier molecular flexibility index (Phi) is 6.00. The van der Waals surface area contributed by atoms with Gasteiger partial charge >= 0.3 is 0 Å². The van der Waals surface area contributed by atoms with E-state index in [9.17, 15) is 0 Å². The van der Waals surface area contributed by atoms with Gasteiger partial charge in [0.15, 0.2) is 5.65 Å². The van der Waals surface area contributed by atoms with E-state index in [1.165, 1.54) is 16.3 Å². The number of aryl methyl sites for hydroxylation is 1. The van der Waals surface area contributed by atoms with Gasteiger partial charge in [0.25, 0.3) is 0 Å². The van der Waals surface area contributed by atoms with E-state index in [1.54, 1.807) is 10.8 Å². The SMILES string of the molecule is Cc1cccc(-c2[nH]c(CN(Cc3cccc4ccccc34)C(C)(C)C)nc2-c2ccc3ncnn3c2)n1. The Labute approximate surface area is 222 Å². The molecule has 4 aromatic heterocycles. The molecule has 0 spiro atoms. The first-order valence-corrected chi connectivity index (χ1v) is 12.9. The van der Waals surface area contributed by atoms with Crippen molar-refractivity contribution < 1.29 is 0 Å². The van der Waals surface area contributed by atoms with E-state index in [0.717, 1.165) is 46.4 Å². The average molecular weight is 502 g/mol. The number of aromatic amines is 1. The van der Waals surface area contributed by atoms with Crippen molar-refractivity contribution in [2.24, 2.45) is 0 Å². The Balaban J connectivity index is 1.41. The molecule has 0 aliphatic heterocycles. The summed E-state index contributed by atoms with van der Waals surface area (Å²) in [6.07, 6.45) is 3.53. The van der Waals surface area contributed by atoms with Gasteiger partial charge < -0.3 is 4.98 Å². The first kappa shape index (κ1) is 24.0. The van der Waals surface area contributed by atoms with Crippen LogP contribution in [0.3, 0.4) is 0 Å². The quantitative estimate of drug-likeness (QED) is 0.284. The highest BCUT2D eigenvalue weighted by Crippen LogP contribution is 2.31. The second-order valence-electron chi connectivity index (χ2n) is 10.7. The minimum absolute atomic E-state index is 0.0781. The molecular formula is C31H31N7.